The lowest BCUT2D eigenvalue weighted by molar-refractivity contribution is 0.144. The van der Waals surface area contributed by atoms with Crippen LogP contribution in [-0.2, 0) is 0 Å². The number of rotatable bonds is 5. The van der Waals surface area contributed by atoms with Crippen molar-refractivity contribution in [2.75, 3.05) is 7.05 Å². The fourth-order valence-electron chi connectivity index (χ4n) is 2.90. The predicted molar refractivity (Wildman–Crippen MR) is 74.7 cm³/mol. The van der Waals surface area contributed by atoms with Crippen LogP contribution in [-0.4, -0.2) is 29.0 Å². The molecule has 1 fully saturated rings. The molecule has 0 heterocycles. The summed E-state index contributed by atoms with van der Waals surface area (Å²) in [6.07, 6.45) is 7.74. The minimum Gasteiger partial charge on any atom is -0.392 e. The number of nitrogens with zero attached hydrogens (tertiary/aromatic N) is 1. The maximum atomic E-state index is 5.80. The first-order chi connectivity index (χ1) is 7.60. The van der Waals surface area contributed by atoms with Crippen molar-refractivity contribution in [3.8, 4) is 0 Å². The lowest BCUT2D eigenvalue weighted by atomic mass is 9.83. The van der Waals surface area contributed by atoms with Gasteiger partial charge in [-0.2, -0.15) is 0 Å². The molecule has 16 heavy (non-hydrogen) atoms. The van der Waals surface area contributed by atoms with Crippen molar-refractivity contribution >= 4 is 17.2 Å². The van der Waals surface area contributed by atoms with Crippen molar-refractivity contribution in [1.82, 2.24) is 4.90 Å². The van der Waals surface area contributed by atoms with Crippen LogP contribution in [0.4, 0.5) is 0 Å². The molecule has 0 amide bonds. The molecular weight excluding hydrogens is 216 g/mol. The highest BCUT2D eigenvalue weighted by Gasteiger charge is 2.27. The van der Waals surface area contributed by atoms with Crippen molar-refractivity contribution in [3.05, 3.63) is 0 Å². The van der Waals surface area contributed by atoms with Gasteiger partial charge in [0, 0.05) is 6.04 Å². The first-order valence-corrected chi connectivity index (χ1v) is 7.02. The molecule has 0 aromatic rings. The molecule has 2 N–H and O–H groups in total. The van der Waals surface area contributed by atoms with Gasteiger partial charge in [-0.3, -0.25) is 4.90 Å². The summed E-state index contributed by atoms with van der Waals surface area (Å²) in [7, 11) is 2.18. The van der Waals surface area contributed by atoms with Crippen molar-refractivity contribution < 1.29 is 0 Å². The molecule has 94 valence electrons. The Bertz CT molecular complexity index is 222. The SMILES string of the molecule is CCC1CCC(N(C)C(CC)C(N)=S)CC1. The fourth-order valence-corrected chi connectivity index (χ4v) is 3.24. The van der Waals surface area contributed by atoms with E-state index < -0.39 is 0 Å². The Morgan fingerprint density at radius 2 is 1.88 bits per heavy atom. The zero-order chi connectivity index (χ0) is 12.1. The summed E-state index contributed by atoms with van der Waals surface area (Å²) in [4.78, 5) is 3.07. The van der Waals surface area contributed by atoms with E-state index in [9.17, 15) is 0 Å². The summed E-state index contributed by atoms with van der Waals surface area (Å²) in [6.45, 7) is 4.47. The second-order valence-corrected chi connectivity index (χ2v) is 5.55. The zero-order valence-corrected chi connectivity index (χ0v) is 11.7. The van der Waals surface area contributed by atoms with Gasteiger partial charge in [0.2, 0.25) is 0 Å². The molecule has 0 saturated heterocycles. The highest BCUT2D eigenvalue weighted by Crippen LogP contribution is 2.30. The summed E-state index contributed by atoms with van der Waals surface area (Å²) >= 11 is 5.14. The minimum atomic E-state index is 0.290. The summed E-state index contributed by atoms with van der Waals surface area (Å²) < 4.78 is 0. The first kappa shape index (κ1) is 13.9. The van der Waals surface area contributed by atoms with Crippen molar-refractivity contribution in [3.63, 3.8) is 0 Å². The monoisotopic (exact) mass is 242 g/mol. The summed E-state index contributed by atoms with van der Waals surface area (Å²) in [5, 5.41) is 0. The molecule has 0 radical (unpaired) electrons. The summed E-state index contributed by atoms with van der Waals surface area (Å²) in [5.41, 5.74) is 5.80. The van der Waals surface area contributed by atoms with E-state index >= 15 is 0 Å². The Balaban J connectivity index is 2.48. The number of hydrogen-bond acceptors (Lipinski definition) is 2. The van der Waals surface area contributed by atoms with E-state index in [1.165, 1.54) is 32.1 Å². The number of likely N-dealkylation sites (N-methyl/N-ethyl adjacent to an activating group) is 1. The van der Waals surface area contributed by atoms with Gasteiger partial charge in [-0.15, -0.1) is 0 Å². The molecule has 0 bridgehead atoms. The third kappa shape index (κ3) is 3.42. The van der Waals surface area contributed by atoms with Crippen LogP contribution in [0.2, 0.25) is 0 Å². The Kier molecular flexibility index (Phi) is 5.70. The predicted octanol–water partition coefficient (Wildman–Crippen LogP) is 2.95. The first-order valence-electron chi connectivity index (χ1n) is 6.61. The fraction of sp³-hybridized carbons (Fsp3) is 0.923. The minimum absolute atomic E-state index is 0.290. The normalized spacial score (nSPS) is 28.0. The average molecular weight is 242 g/mol. The van der Waals surface area contributed by atoms with Crippen molar-refractivity contribution in [1.29, 1.82) is 0 Å². The molecule has 0 aromatic heterocycles. The zero-order valence-electron chi connectivity index (χ0n) is 10.9. The number of thiocarbonyl (C=S) groups is 1. The van der Waals surface area contributed by atoms with Gasteiger partial charge in [-0.1, -0.05) is 32.5 Å². The van der Waals surface area contributed by atoms with Crippen LogP contribution in [0.3, 0.4) is 0 Å². The van der Waals surface area contributed by atoms with E-state index in [-0.39, 0.29) is 6.04 Å². The van der Waals surface area contributed by atoms with Crippen LogP contribution in [0.5, 0.6) is 0 Å². The maximum absolute atomic E-state index is 5.80. The Labute approximate surface area is 106 Å². The largest absolute Gasteiger partial charge is 0.392 e. The van der Waals surface area contributed by atoms with Crippen LogP contribution < -0.4 is 5.73 Å². The average Bonchev–Trinajstić information content (AvgIpc) is 2.29. The lowest BCUT2D eigenvalue weighted by Crippen LogP contribution is -2.47. The van der Waals surface area contributed by atoms with Gasteiger partial charge in [-0.25, -0.2) is 0 Å². The lowest BCUT2D eigenvalue weighted by Gasteiger charge is -2.38. The number of nitrogens with two attached hydrogens (primary N) is 1. The molecule has 1 unspecified atom stereocenters. The van der Waals surface area contributed by atoms with Gasteiger partial charge in [0.05, 0.1) is 11.0 Å². The van der Waals surface area contributed by atoms with E-state index in [0.29, 0.717) is 11.0 Å². The van der Waals surface area contributed by atoms with Gasteiger partial charge >= 0.3 is 0 Å². The molecule has 1 rings (SSSR count). The van der Waals surface area contributed by atoms with Crippen LogP contribution in [0.1, 0.15) is 52.4 Å². The van der Waals surface area contributed by atoms with Crippen LogP contribution in [0, 0.1) is 5.92 Å². The van der Waals surface area contributed by atoms with Gasteiger partial charge in [0.25, 0.3) is 0 Å². The summed E-state index contributed by atoms with van der Waals surface area (Å²) in [6, 6.07) is 0.979. The third-order valence-electron chi connectivity index (χ3n) is 4.18. The molecule has 0 spiro atoms. The Morgan fingerprint density at radius 1 is 1.31 bits per heavy atom. The Hall–Kier alpha value is -0.150. The standard InChI is InChI=1S/C13H26N2S/c1-4-10-6-8-11(9-7-10)15(3)12(5-2)13(14)16/h10-12H,4-9H2,1-3H3,(H2,14,16). The van der Waals surface area contributed by atoms with Gasteiger partial charge in [0.15, 0.2) is 0 Å². The van der Waals surface area contributed by atoms with Gasteiger partial charge < -0.3 is 5.73 Å². The highest BCUT2D eigenvalue weighted by molar-refractivity contribution is 7.80. The van der Waals surface area contributed by atoms with Crippen molar-refractivity contribution in [2.24, 2.45) is 11.7 Å². The van der Waals surface area contributed by atoms with E-state index in [2.05, 4.69) is 25.8 Å². The van der Waals surface area contributed by atoms with E-state index in [1.807, 2.05) is 0 Å². The molecule has 1 atom stereocenters. The molecule has 3 heteroatoms. The van der Waals surface area contributed by atoms with Crippen molar-refractivity contribution in [2.45, 2.75) is 64.5 Å². The van der Waals surface area contributed by atoms with Crippen LogP contribution >= 0.6 is 12.2 Å². The third-order valence-corrected chi connectivity index (χ3v) is 4.45. The van der Waals surface area contributed by atoms with E-state index in [0.717, 1.165) is 12.3 Å². The van der Waals surface area contributed by atoms with E-state index in [1.54, 1.807) is 0 Å². The second kappa shape index (κ2) is 6.55. The van der Waals surface area contributed by atoms with Gasteiger partial charge in [-0.05, 0) is 45.1 Å². The maximum Gasteiger partial charge on any atom is 0.0901 e. The summed E-state index contributed by atoms with van der Waals surface area (Å²) in [5.74, 6) is 0.953. The molecule has 1 saturated carbocycles. The quantitative estimate of drug-likeness (QED) is 0.752. The van der Waals surface area contributed by atoms with Crippen LogP contribution in [0.25, 0.3) is 0 Å². The topological polar surface area (TPSA) is 29.3 Å². The molecule has 1 aliphatic rings. The number of hydrogen-bond donors (Lipinski definition) is 1. The van der Waals surface area contributed by atoms with Crippen LogP contribution in [0.15, 0.2) is 0 Å². The Morgan fingerprint density at radius 3 is 2.25 bits per heavy atom. The molecular formula is C13H26N2S. The van der Waals surface area contributed by atoms with Gasteiger partial charge in [0.1, 0.15) is 0 Å². The molecule has 1 aliphatic carbocycles. The molecule has 0 aromatic carbocycles. The molecule has 2 nitrogen and oxygen atoms in total. The second-order valence-electron chi connectivity index (χ2n) is 5.07. The smallest absolute Gasteiger partial charge is 0.0901 e. The van der Waals surface area contributed by atoms with E-state index in [4.69, 9.17) is 18.0 Å². The highest BCUT2D eigenvalue weighted by atomic mass is 32.1. The molecule has 0 aliphatic heterocycles.